The molecule has 0 bridgehead atoms. The van der Waals surface area contributed by atoms with E-state index in [2.05, 4.69) is 22.7 Å². The molecule has 0 aromatic heterocycles. The molecule has 6 heteroatoms. The standard InChI is InChI=1S/C16H15N3O2S/c1-11-6-8-12(9-7-11)15(20)21-14-5-3-2-4-13(14)10-18-19-16(17)22/h2-10H,1H3,(H3,17,19,22)/b18-10+. The Balaban J connectivity index is 2.15. The molecule has 0 fully saturated rings. The number of rotatable bonds is 4. The maximum atomic E-state index is 12.1. The zero-order valence-corrected chi connectivity index (χ0v) is 12.8. The van der Waals surface area contributed by atoms with Crippen molar-refractivity contribution in [3.05, 3.63) is 65.2 Å². The molecule has 0 amide bonds. The van der Waals surface area contributed by atoms with Gasteiger partial charge in [-0.05, 0) is 43.4 Å². The fourth-order valence-electron chi connectivity index (χ4n) is 1.69. The van der Waals surface area contributed by atoms with Crippen LogP contribution < -0.4 is 15.9 Å². The molecule has 0 atom stereocenters. The largest absolute Gasteiger partial charge is 0.422 e. The van der Waals surface area contributed by atoms with Crippen LogP contribution in [0.4, 0.5) is 0 Å². The monoisotopic (exact) mass is 313 g/mol. The number of hydrogen-bond donors (Lipinski definition) is 2. The number of ether oxygens (including phenoxy) is 1. The zero-order chi connectivity index (χ0) is 15.9. The van der Waals surface area contributed by atoms with E-state index in [1.807, 2.05) is 25.1 Å². The van der Waals surface area contributed by atoms with Crippen LogP contribution in [0.15, 0.2) is 53.6 Å². The van der Waals surface area contributed by atoms with Gasteiger partial charge in [0.1, 0.15) is 5.75 Å². The van der Waals surface area contributed by atoms with Gasteiger partial charge in [0.15, 0.2) is 5.11 Å². The van der Waals surface area contributed by atoms with Gasteiger partial charge in [-0.15, -0.1) is 0 Å². The first-order valence-electron chi connectivity index (χ1n) is 6.52. The van der Waals surface area contributed by atoms with E-state index in [0.717, 1.165) is 5.56 Å². The number of nitrogens with one attached hydrogen (secondary N) is 1. The number of para-hydroxylation sites is 1. The van der Waals surface area contributed by atoms with Crippen molar-refractivity contribution in [2.75, 3.05) is 0 Å². The molecule has 0 saturated heterocycles. The summed E-state index contributed by atoms with van der Waals surface area (Å²) >= 11 is 4.66. The third kappa shape index (κ3) is 4.39. The lowest BCUT2D eigenvalue weighted by molar-refractivity contribution is 0.0734. The molecule has 22 heavy (non-hydrogen) atoms. The summed E-state index contributed by atoms with van der Waals surface area (Å²) in [6.45, 7) is 1.95. The highest BCUT2D eigenvalue weighted by Gasteiger charge is 2.10. The van der Waals surface area contributed by atoms with Crippen LogP contribution in [0.25, 0.3) is 0 Å². The Morgan fingerprint density at radius 2 is 1.91 bits per heavy atom. The van der Waals surface area contributed by atoms with Gasteiger partial charge in [0, 0.05) is 5.56 Å². The third-order valence-electron chi connectivity index (χ3n) is 2.79. The minimum Gasteiger partial charge on any atom is -0.422 e. The van der Waals surface area contributed by atoms with Crippen molar-refractivity contribution in [1.82, 2.24) is 5.43 Å². The van der Waals surface area contributed by atoms with E-state index in [1.54, 1.807) is 30.3 Å². The molecule has 0 heterocycles. The van der Waals surface area contributed by atoms with Crippen LogP contribution in [-0.4, -0.2) is 17.3 Å². The van der Waals surface area contributed by atoms with Crippen LogP contribution in [0.3, 0.4) is 0 Å². The molecule has 2 rings (SSSR count). The Labute approximate surface area is 133 Å². The van der Waals surface area contributed by atoms with Gasteiger partial charge in [-0.2, -0.15) is 5.10 Å². The maximum absolute atomic E-state index is 12.1. The molecular weight excluding hydrogens is 298 g/mol. The van der Waals surface area contributed by atoms with Crippen molar-refractivity contribution < 1.29 is 9.53 Å². The van der Waals surface area contributed by atoms with Crippen LogP contribution in [-0.2, 0) is 0 Å². The average molecular weight is 313 g/mol. The fraction of sp³-hybridized carbons (Fsp3) is 0.0625. The topological polar surface area (TPSA) is 76.7 Å². The van der Waals surface area contributed by atoms with Gasteiger partial charge < -0.3 is 10.5 Å². The van der Waals surface area contributed by atoms with Gasteiger partial charge in [-0.3, -0.25) is 5.43 Å². The van der Waals surface area contributed by atoms with Crippen LogP contribution in [0, 0.1) is 6.92 Å². The van der Waals surface area contributed by atoms with Crippen LogP contribution >= 0.6 is 12.2 Å². The molecule has 0 unspecified atom stereocenters. The molecule has 5 nitrogen and oxygen atoms in total. The number of nitrogens with two attached hydrogens (primary N) is 1. The average Bonchev–Trinajstić information content (AvgIpc) is 2.49. The van der Waals surface area contributed by atoms with Gasteiger partial charge in [0.25, 0.3) is 0 Å². The zero-order valence-electron chi connectivity index (χ0n) is 11.9. The summed E-state index contributed by atoms with van der Waals surface area (Å²) in [5, 5.41) is 3.92. The summed E-state index contributed by atoms with van der Waals surface area (Å²) in [6, 6.07) is 14.2. The van der Waals surface area contributed by atoms with E-state index >= 15 is 0 Å². The van der Waals surface area contributed by atoms with Gasteiger partial charge in [0.2, 0.25) is 0 Å². The molecule has 112 valence electrons. The normalized spacial score (nSPS) is 10.4. The van der Waals surface area contributed by atoms with Crippen molar-refractivity contribution >= 4 is 29.5 Å². The summed E-state index contributed by atoms with van der Waals surface area (Å²) in [6.07, 6.45) is 1.48. The molecule has 2 aromatic rings. The van der Waals surface area contributed by atoms with E-state index in [-0.39, 0.29) is 5.11 Å². The Bertz CT molecular complexity index is 712. The van der Waals surface area contributed by atoms with Crippen LogP contribution in [0.1, 0.15) is 21.5 Å². The Hall–Kier alpha value is -2.73. The number of nitrogens with zero attached hydrogens (tertiary/aromatic N) is 1. The SMILES string of the molecule is Cc1ccc(C(=O)Oc2ccccc2/C=N/NC(N)=S)cc1. The number of carbonyl (C=O) groups excluding carboxylic acids is 1. The summed E-state index contributed by atoms with van der Waals surface area (Å²) in [5.41, 5.74) is 9.93. The molecule has 0 aliphatic rings. The smallest absolute Gasteiger partial charge is 0.343 e. The van der Waals surface area contributed by atoms with Crippen molar-refractivity contribution in [3.8, 4) is 5.75 Å². The minimum atomic E-state index is -0.428. The second-order valence-corrected chi connectivity index (χ2v) is 4.97. The van der Waals surface area contributed by atoms with Crippen molar-refractivity contribution in [3.63, 3.8) is 0 Å². The number of hydrazone groups is 1. The molecule has 0 spiro atoms. The highest BCUT2D eigenvalue weighted by molar-refractivity contribution is 7.80. The maximum Gasteiger partial charge on any atom is 0.343 e. The quantitative estimate of drug-likeness (QED) is 0.298. The predicted molar refractivity (Wildman–Crippen MR) is 90.1 cm³/mol. The van der Waals surface area contributed by atoms with Gasteiger partial charge in [-0.1, -0.05) is 29.8 Å². The molecule has 2 aromatic carbocycles. The predicted octanol–water partition coefficient (Wildman–Crippen LogP) is 2.38. The second kappa shape index (κ2) is 7.33. The molecular formula is C16H15N3O2S. The van der Waals surface area contributed by atoms with Crippen LogP contribution in [0.2, 0.25) is 0 Å². The lowest BCUT2D eigenvalue weighted by Gasteiger charge is -2.07. The Kier molecular flexibility index (Phi) is 5.21. The molecule has 0 aliphatic carbocycles. The number of carbonyl (C=O) groups is 1. The summed E-state index contributed by atoms with van der Waals surface area (Å²) in [7, 11) is 0. The van der Waals surface area contributed by atoms with Crippen molar-refractivity contribution in [1.29, 1.82) is 0 Å². The first-order chi connectivity index (χ1) is 10.6. The van der Waals surface area contributed by atoms with Crippen molar-refractivity contribution in [2.24, 2.45) is 10.8 Å². The van der Waals surface area contributed by atoms with E-state index in [0.29, 0.717) is 16.9 Å². The molecule has 0 saturated carbocycles. The summed E-state index contributed by atoms with van der Waals surface area (Å²) < 4.78 is 5.41. The third-order valence-corrected chi connectivity index (χ3v) is 2.88. The molecule has 0 radical (unpaired) electrons. The number of hydrogen-bond acceptors (Lipinski definition) is 4. The number of aryl methyl sites for hydroxylation is 1. The Morgan fingerprint density at radius 1 is 1.23 bits per heavy atom. The van der Waals surface area contributed by atoms with Gasteiger partial charge in [-0.25, -0.2) is 4.79 Å². The number of esters is 1. The summed E-state index contributed by atoms with van der Waals surface area (Å²) in [4.78, 5) is 12.1. The first kappa shape index (κ1) is 15.7. The number of thiocarbonyl (C=S) groups is 1. The van der Waals surface area contributed by atoms with Crippen molar-refractivity contribution in [2.45, 2.75) is 6.92 Å². The van der Waals surface area contributed by atoms with Gasteiger partial charge >= 0.3 is 5.97 Å². The number of benzene rings is 2. The van der Waals surface area contributed by atoms with Gasteiger partial charge in [0.05, 0.1) is 11.8 Å². The highest BCUT2D eigenvalue weighted by atomic mass is 32.1. The van der Waals surface area contributed by atoms with Crippen LogP contribution in [0.5, 0.6) is 5.75 Å². The lowest BCUT2D eigenvalue weighted by Crippen LogP contribution is -2.24. The highest BCUT2D eigenvalue weighted by Crippen LogP contribution is 2.17. The second-order valence-electron chi connectivity index (χ2n) is 4.53. The van der Waals surface area contributed by atoms with E-state index in [4.69, 9.17) is 10.5 Å². The Morgan fingerprint density at radius 3 is 2.59 bits per heavy atom. The minimum absolute atomic E-state index is 0.0605. The summed E-state index contributed by atoms with van der Waals surface area (Å²) in [5.74, 6) is -0.0234. The van der Waals surface area contributed by atoms with E-state index < -0.39 is 5.97 Å². The molecule has 0 aliphatic heterocycles. The lowest BCUT2D eigenvalue weighted by atomic mass is 10.1. The van der Waals surface area contributed by atoms with E-state index in [1.165, 1.54) is 6.21 Å². The first-order valence-corrected chi connectivity index (χ1v) is 6.93. The van der Waals surface area contributed by atoms with E-state index in [9.17, 15) is 4.79 Å². The fourth-order valence-corrected chi connectivity index (χ4v) is 1.75. The molecule has 3 N–H and O–H groups in total.